The lowest BCUT2D eigenvalue weighted by atomic mass is 9.84. The van der Waals surface area contributed by atoms with Gasteiger partial charge >= 0.3 is 5.97 Å². The molecule has 3 rings (SSSR count). The Kier molecular flexibility index (Phi) is 5.44. The second-order valence-electron chi connectivity index (χ2n) is 7.81. The number of esters is 1. The number of rotatable bonds is 3. The fraction of sp³-hybridized carbons (Fsp3) is 0.304. The number of pyridine rings is 1. The molecular weight excluding hydrogens is 377 g/mol. The van der Waals surface area contributed by atoms with Crippen LogP contribution in [0.25, 0.3) is 22.2 Å². The fourth-order valence-corrected chi connectivity index (χ4v) is 3.49. The molecule has 0 saturated carbocycles. The number of ether oxygens (including phenoxy) is 1. The van der Waals surface area contributed by atoms with E-state index in [1.54, 1.807) is 13.0 Å². The summed E-state index contributed by atoms with van der Waals surface area (Å²) in [6.07, 6.45) is 0. The first-order chi connectivity index (χ1) is 13.1. The van der Waals surface area contributed by atoms with Gasteiger partial charge in [-0.2, -0.15) is 0 Å². The van der Waals surface area contributed by atoms with Crippen LogP contribution in [-0.2, 0) is 10.2 Å². The molecule has 0 unspecified atom stereocenters. The van der Waals surface area contributed by atoms with Gasteiger partial charge in [0, 0.05) is 10.9 Å². The first kappa shape index (κ1) is 20.3. The first-order valence-corrected chi connectivity index (χ1v) is 9.58. The summed E-state index contributed by atoms with van der Waals surface area (Å²) in [6.45, 7) is 10.3. The second kappa shape index (κ2) is 7.51. The van der Waals surface area contributed by atoms with Crippen molar-refractivity contribution >= 4 is 28.5 Å². The lowest BCUT2D eigenvalue weighted by Crippen LogP contribution is -2.12. The van der Waals surface area contributed by atoms with Crippen LogP contribution in [0.15, 0.2) is 36.4 Å². The third-order valence-corrected chi connectivity index (χ3v) is 5.10. The van der Waals surface area contributed by atoms with E-state index in [1.807, 2.05) is 19.1 Å². The number of hydrogen-bond donors (Lipinski definition) is 0. The van der Waals surface area contributed by atoms with Crippen LogP contribution in [0.2, 0.25) is 5.02 Å². The van der Waals surface area contributed by atoms with Gasteiger partial charge in [-0.05, 0) is 48.6 Å². The summed E-state index contributed by atoms with van der Waals surface area (Å²) in [4.78, 5) is 17.3. The van der Waals surface area contributed by atoms with E-state index in [0.717, 1.165) is 11.1 Å². The van der Waals surface area contributed by atoms with E-state index in [4.69, 9.17) is 16.3 Å². The van der Waals surface area contributed by atoms with E-state index < -0.39 is 11.8 Å². The summed E-state index contributed by atoms with van der Waals surface area (Å²) in [5.74, 6) is -1.01. The molecule has 0 spiro atoms. The van der Waals surface area contributed by atoms with Gasteiger partial charge in [0.2, 0.25) is 0 Å². The molecule has 28 heavy (non-hydrogen) atoms. The highest BCUT2D eigenvalue weighted by atomic mass is 35.5. The van der Waals surface area contributed by atoms with Crippen molar-refractivity contribution in [3.05, 3.63) is 63.9 Å². The Morgan fingerprint density at radius 2 is 1.89 bits per heavy atom. The summed E-state index contributed by atoms with van der Waals surface area (Å²) in [5, 5.41) is 0.537. The number of halogens is 2. The summed E-state index contributed by atoms with van der Waals surface area (Å²) < 4.78 is 18.9. The van der Waals surface area contributed by atoms with Crippen LogP contribution in [0.4, 0.5) is 4.39 Å². The average molecular weight is 400 g/mol. The predicted octanol–water partition coefficient (Wildman–Crippen LogP) is 6.48. The number of carbonyl (C=O) groups is 1. The molecule has 146 valence electrons. The van der Waals surface area contributed by atoms with Crippen molar-refractivity contribution in [2.75, 3.05) is 6.61 Å². The summed E-state index contributed by atoms with van der Waals surface area (Å²) >= 11 is 6.55. The Morgan fingerprint density at radius 1 is 1.18 bits per heavy atom. The maximum atomic E-state index is 13.7. The Morgan fingerprint density at radius 3 is 2.50 bits per heavy atom. The maximum absolute atomic E-state index is 13.7. The molecule has 0 aliphatic rings. The number of benzene rings is 2. The van der Waals surface area contributed by atoms with Crippen LogP contribution >= 0.6 is 11.6 Å². The van der Waals surface area contributed by atoms with E-state index in [1.165, 1.54) is 17.7 Å². The Balaban J connectivity index is 2.32. The molecule has 0 fully saturated rings. The second-order valence-corrected chi connectivity index (χ2v) is 8.19. The number of hydrogen-bond acceptors (Lipinski definition) is 3. The van der Waals surface area contributed by atoms with Gasteiger partial charge < -0.3 is 4.74 Å². The smallest absolute Gasteiger partial charge is 0.341 e. The minimum Gasteiger partial charge on any atom is -0.462 e. The van der Waals surface area contributed by atoms with Gasteiger partial charge in [-0.25, -0.2) is 14.2 Å². The third kappa shape index (κ3) is 3.74. The minimum absolute atomic E-state index is 0.000748. The third-order valence-electron chi connectivity index (χ3n) is 4.71. The normalized spacial score (nSPS) is 11.7. The number of aromatic nitrogens is 1. The number of aryl methyl sites for hydroxylation is 1. The highest BCUT2D eigenvalue weighted by Gasteiger charge is 2.24. The van der Waals surface area contributed by atoms with E-state index in [0.29, 0.717) is 16.6 Å². The van der Waals surface area contributed by atoms with Gasteiger partial charge in [-0.1, -0.05) is 50.6 Å². The van der Waals surface area contributed by atoms with Gasteiger partial charge in [0.05, 0.1) is 22.8 Å². The molecule has 3 aromatic rings. The fourth-order valence-electron chi connectivity index (χ4n) is 3.18. The molecular formula is C23H23ClFNO2. The standard InChI is InChI=1S/C23H23ClFNO2/c1-6-28-22(27)19-20(24)17-12-15(25)8-10-18(17)26-21(19)16-9-7-14(11-13(16)2)23(3,4)5/h7-12H,6H2,1-5H3. The van der Waals surface area contributed by atoms with Crippen LogP contribution < -0.4 is 0 Å². The van der Waals surface area contributed by atoms with E-state index >= 15 is 0 Å². The van der Waals surface area contributed by atoms with Crippen molar-refractivity contribution < 1.29 is 13.9 Å². The molecule has 0 bridgehead atoms. The van der Waals surface area contributed by atoms with Crippen molar-refractivity contribution in [1.29, 1.82) is 0 Å². The molecule has 0 amide bonds. The molecule has 1 heterocycles. The topological polar surface area (TPSA) is 39.2 Å². The number of carbonyl (C=O) groups excluding carboxylic acids is 1. The number of fused-ring (bicyclic) bond motifs is 1. The van der Waals surface area contributed by atoms with E-state index in [-0.39, 0.29) is 22.6 Å². The largest absolute Gasteiger partial charge is 0.462 e. The van der Waals surface area contributed by atoms with Crippen LogP contribution in [0.3, 0.4) is 0 Å². The minimum atomic E-state index is -0.569. The molecule has 1 aromatic heterocycles. The SMILES string of the molecule is CCOC(=O)c1c(-c2ccc(C(C)(C)C)cc2C)nc2ccc(F)cc2c1Cl. The van der Waals surface area contributed by atoms with Crippen molar-refractivity contribution in [2.24, 2.45) is 0 Å². The van der Waals surface area contributed by atoms with Crippen molar-refractivity contribution in [1.82, 2.24) is 4.98 Å². The molecule has 0 aliphatic heterocycles. The van der Waals surface area contributed by atoms with Gasteiger partial charge in [0.1, 0.15) is 11.4 Å². The zero-order chi connectivity index (χ0) is 20.6. The Hall–Kier alpha value is -2.46. The van der Waals surface area contributed by atoms with Crippen molar-refractivity contribution in [3.63, 3.8) is 0 Å². The van der Waals surface area contributed by atoms with Crippen LogP contribution in [-0.4, -0.2) is 17.6 Å². The highest BCUT2D eigenvalue weighted by Crippen LogP contribution is 2.37. The lowest BCUT2D eigenvalue weighted by molar-refractivity contribution is 0.0527. The average Bonchev–Trinajstić information content (AvgIpc) is 2.61. The molecule has 0 radical (unpaired) electrons. The molecule has 5 heteroatoms. The number of nitrogens with zero attached hydrogens (tertiary/aromatic N) is 1. The van der Waals surface area contributed by atoms with Gasteiger partial charge in [0.25, 0.3) is 0 Å². The monoisotopic (exact) mass is 399 g/mol. The summed E-state index contributed by atoms with van der Waals surface area (Å²) in [7, 11) is 0. The zero-order valence-electron chi connectivity index (χ0n) is 16.7. The summed E-state index contributed by atoms with van der Waals surface area (Å²) in [6, 6.07) is 10.2. The zero-order valence-corrected chi connectivity index (χ0v) is 17.4. The molecule has 3 nitrogen and oxygen atoms in total. The van der Waals surface area contributed by atoms with Crippen molar-refractivity contribution in [3.8, 4) is 11.3 Å². The predicted molar refractivity (Wildman–Crippen MR) is 112 cm³/mol. The Labute approximate surface area is 169 Å². The summed E-state index contributed by atoms with van der Waals surface area (Å²) in [5.41, 5.74) is 4.08. The lowest BCUT2D eigenvalue weighted by Gasteiger charge is -2.21. The van der Waals surface area contributed by atoms with E-state index in [9.17, 15) is 9.18 Å². The van der Waals surface area contributed by atoms with Gasteiger partial charge in [-0.15, -0.1) is 0 Å². The van der Waals surface area contributed by atoms with Crippen LogP contribution in [0, 0.1) is 12.7 Å². The molecule has 0 N–H and O–H groups in total. The highest BCUT2D eigenvalue weighted by molar-refractivity contribution is 6.39. The maximum Gasteiger partial charge on any atom is 0.341 e. The quantitative estimate of drug-likeness (QED) is 0.473. The first-order valence-electron chi connectivity index (χ1n) is 9.21. The van der Waals surface area contributed by atoms with E-state index in [2.05, 4.69) is 31.8 Å². The van der Waals surface area contributed by atoms with Crippen molar-refractivity contribution in [2.45, 2.75) is 40.0 Å². The van der Waals surface area contributed by atoms with Crippen LogP contribution in [0.5, 0.6) is 0 Å². The Bertz CT molecular complexity index is 1070. The van der Waals surface area contributed by atoms with Gasteiger partial charge in [-0.3, -0.25) is 0 Å². The molecule has 0 aliphatic carbocycles. The molecule has 2 aromatic carbocycles. The van der Waals surface area contributed by atoms with Gasteiger partial charge in [0.15, 0.2) is 0 Å². The molecule has 0 atom stereocenters. The van der Waals surface area contributed by atoms with Crippen LogP contribution in [0.1, 0.15) is 49.2 Å². The molecule has 0 saturated heterocycles.